The quantitative estimate of drug-likeness (QED) is 0.777. The highest BCUT2D eigenvalue weighted by molar-refractivity contribution is 6.30. The van der Waals surface area contributed by atoms with Gasteiger partial charge >= 0.3 is 0 Å². The normalized spacial score (nSPS) is 16.3. The van der Waals surface area contributed by atoms with Gasteiger partial charge in [-0.3, -0.25) is 4.79 Å². The Labute approximate surface area is 113 Å². The van der Waals surface area contributed by atoms with Crippen LogP contribution in [0.4, 0.5) is 0 Å². The first-order chi connectivity index (χ1) is 8.66. The van der Waals surface area contributed by atoms with Crippen molar-refractivity contribution < 1.29 is 4.79 Å². The summed E-state index contributed by atoms with van der Waals surface area (Å²) in [6.45, 7) is 3.57. The molecule has 2 rings (SSSR count). The number of amides is 1. The Morgan fingerprint density at radius 1 is 1.33 bits per heavy atom. The van der Waals surface area contributed by atoms with Gasteiger partial charge in [0.1, 0.15) is 0 Å². The van der Waals surface area contributed by atoms with Gasteiger partial charge in [0.25, 0.3) is 0 Å². The first-order valence-corrected chi connectivity index (χ1v) is 6.81. The van der Waals surface area contributed by atoms with E-state index >= 15 is 0 Å². The third-order valence-corrected chi connectivity index (χ3v) is 3.44. The van der Waals surface area contributed by atoms with Crippen molar-refractivity contribution in [2.45, 2.75) is 25.8 Å². The Morgan fingerprint density at radius 2 is 2.00 bits per heavy atom. The van der Waals surface area contributed by atoms with Gasteiger partial charge in [0.05, 0.1) is 0 Å². The van der Waals surface area contributed by atoms with Crippen molar-refractivity contribution in [2.24, 2.45) is 5.92 Å². The van der Waals surface area contributed by atoms with Crippen molar-refractivity contribution in [1.82, 2.24) is 10.6 Å². The third-order valence-electron chi connectivity index (χ3n) is 3.19. The van der Waals surface area contributed by atoms with Gasteiger partial charge in [0, 0.05) is 30.1 Å². The topological polar surface area (TPSA) is 41.1 Å². The largest absolute Gasteiger partial charge is 0.355 e. The Bertz CT molecular complexity index is 401. The number of halogens is 1. The summed E-state index contributed by atoms with van der Waals surface area (Å²) in [6, 6.07) is 8.08. The summed E-state index contributed by atoms with van der Waals surface area (Å²) in [6.07, 6.45) is 2.11. The molecule has 0 radical (unpaired) electrons. The summed E-state index contributed by atoms with van der Waals surface area (Å²) in [7, 11) is 0. The highest BCUT2D eigenvalue weighted by atomic mass is 35.5. The van der Waals surface area contributed by atoms with Crippen LogP contribution in [0.25, 0.3) is 0 Å². The van der Waals surface area contributed by atoms with Gasteiger partial charge in [0.2, 0.25) is 5.91 Å². The number of carbonyl (C=O) groups excluding carboxylic acids is 1. The van der Waals surface area contributed by atoms with E-state index < -0.39 is 0 Å². The van der Waals surface area contributed by atoms with Crippen LogP contribution < -0.4 is 10.6 Å². The summed E-state index contributed by atoms with van der Waals surface area (Å²) < 4.78 is 0. The number of nitrogens with one attached hydrogen (secondary N) is 2. The molecule has 18 heavy (non-hydrogen) atoms. The highest BCUT2D eigenvalue weighted by Crippen LogP contribution is 2.28. The predicted octanol–water partition coefficient (Wildman–Crippen LogP) is 2.52. The van der Waals surface area contributed by atoms with Crippen molar-refractivity contribution in [3.63, 3.8) is 0 Å². The fraction of sp³-hybridized carbons (Fsp3) is 0.500. The van der Waals surface area contributed by atoms with Crippen LogP contribution in [0, 0.1) is 5.92 Å². The van der Waals surface area contributed by atoms with Crippen molar-refractivity contribution in [2.75, 3.05) is 13.1 Å². The maximum Gasteiger partial charge on any atom is 0.223 e. The van der Waals surface area contributed by atoms with Gasteiger partial charge in [-0.2, -0.15) is 0 Å². The average molecular weight is 267 g/mol. The van der Waals surface area contributed by atoms with E-state index in [1.807, 2.05) is 24.3 Å². The Morgan fingerprint density at radius 3 is 2.61 bits per heavy atom. The minimum Gasteiger partial charge on any atom is -0.355 e. The summed E-state index contributed by atoms with van der Waals surface area (Å²) in [5.74, 6) is 0.495. The molecule has 1 aromatic carbocycles. The lowest BCUT2D eigenvalue weighted by Gasteiger charge is -2.14. The SMILES string of the molecule is CC(NCCNC(=O)C1CC1)c1ccc(Cl)cc1. The molecule has 0 aromatic heterocycles. The molecule has 1 aliphatic carbocycles. The summed E-state index contributed by atoms with van der Waals surface area (Å²) >= 11 is 5.85. The Hall–Kier alpha value is -1.06. The lowest BCUT2D eigenvalue weighted by Crippen LogP contribution is -2.33. The number of benzene rings is 1. The molecule has 1 unspecified atom stereocenters. The fourth-order valence-electron chi connectivity index (χ4n) is 1.83. The smallest absolute Gasteiger partial charge is 0.223 e. The molecule has 1 aliphatic rings. The monoisotopic (exact) mass is 266 g/mol. The van der Waals surface area contributed by atoms with E-state index in [0.717, 1.165) is 24.4 Å². The standard InChI is InChI=1S/C14H19ClN2O/c1-10(11-4-6-13(15)7-5-11)16-8-9-17-14(18)12-2-3-12/h4-7,10,12,16H,2-3,8-9H2,1H3,(H,17,18). The van der Waals surface area contributed by atoms with E-state index in [9.17, 15) is 4.79 Å². The molecule has 1 aromatic rings. The molecular formula is C14H19ClN2O. The van der Waals surface area contributed by atoms with Crippen LogP contribution in [0.1, 0.15) is 31.4 Å². The van der Waals surface area contributed by atoms with Gasteiger partial charge in [0.15, 0.2) is 0 Å². The molecule has 4 heteroatoms. The van der Waals surface area contributed by atoms with Crippen molar-refractivity contribution >= 4 is 17.5 Å². The second-order valence-corrected chi connectivity index (χ2v) is 5.23. The molecule has 0 aliphatic heterocycles. The Kier molecular flexibility index (Phi) is 4.61. The van der Waals surface area contributed by atoms with Gasteiger partial charge in [-0.15, -0.1) is 0 Å². The zero-order valence-electron chi connectivity index (χ0n) is 10.6. The van der Waals surface area contributed by atoms with Crippen LogP contribution >= 0.6 is 11.6 Å². The minimum absolute atomic E-state index is 0.205. The summed E-state index contributed by atoms with van der Waals surface area (Å²) in [5, 5.41) is 7.07. The molecule has 3 nitrogen and oxygen atoms in total. The van der Waals surface area contributed by atoms with E-state index in [4.69, 9.17) is 11.6 Å². The zero-order valence-corrected chi connectivity index (χ0v) is 11.3. The molecule has 0 saturated heterocycles. The second-order valence-electron chi connectivity index (χ2n) is 4.79. The molecule has 1 amide bonds. The predicted molar refractivity (Wildman–Crippen MR) is 73.6 cm³/mol. The lowest BCUT2D eigenvalue weighted by atomic mass is 10.1. The minimum atomic E-state index is 0.205. The maximum absolute atomic E-state index is 11.4. The molecule has 1 saturated carbocycles. The molecule has 98 valence electrons. The van der Waals surface area contributed by atoms with Crippen LogP contribution in [0.2, 0.25) is 5.02 Å². The van der Waals surface area contributed by atoms with Crippen molar-refractivity contribution in [3.8, 4) is 0 Å². The van der Waals surface area contributed by atoms with Crippen LogP contribution in [0.5, 0.6) is 0 Å². The number of hydrogen-bond donors (Lipinski definition) is 2. The van der Waals surface area contributed by atoms with Gasteiger partial charge in [-0.1, -0.05) is 23.7 Å². The molecular weight excluding hydrogens is 248 g/mol. The third kappa shape index (κ3) is 4.00. The fourth-order valence-corrected chi connectivity index (χ4v) is 1.96. The molecule has 0 spiro atoms. The number of rotatable bonds is 6. The van der Waals surface area contributed by atoms with Gasteiger partial charge < -0.3 is 10.6 Å². The number of hydrogen-bond acceptors (Lipinski definition) is 2. The van der Waals surface area contributed by atoms with Crippen LogP contribution in [-0.2, 0) is 4.79 Å². The Balaban J connectivity index is 1.66. The molecule has 2 N–H and O–H groups in total. The lowest BCUT2D eigenvalue weighted by molar-refractivity contribution is -0.122. The molecule has 0 heterocycles. The van der Waals surface area contributed by atoms with Gasteiger partial charge in [-0.25, -0.2) is 0 Å². The van der Waals surface area contributed by atoms with E-state index in [1.165, 1.54) is 5.56 Å². The van der Waals surface area contributed by atoms with Crippen molar-refractivity contribution in [3.05, 3.63) is 34.9 Å². The summed E-state index contributed by atoms with van der Waals surface area (Å²) in [4.78, 5) is 11.4. The first-order valence-electron chi connectivity index (χ1n) is 6.43. The van der Waals surface area contributed by atoms with E-state index in [-0.39, 0.29) is 11.9 Å². The summed E-state index contributed by atoms with van der Waals surface area (Å²) in [5.41, 5.74) is 1.20. The van der Waals surface area contributed by atoms with E-state index in [0.29, 0.717) is 12.5 Å². The molecule has 0 bridgehead atoms. The zero-order chi connectivity index (χ0) is 13.0. The van der Waals surface area contributed by atoms with E-state index in [2.05, 4.69) is 17.6 Å². The van der Waals surface area contributed by atoms with Crippen LogP contribution in [0.15, 0.2) is 24.3 Å². The van der Waals surface area contributed by atoms with Crippen LogP contribution in [-0.4, -0.2) is 19.0 Å². The first kappa shape index (κ1) is 13.4. The van der Waals surface area contributed by atoms with E-state index in [1.54, 1.807) is 0 Å². The molecule has 1 atom stereocenters. The van der Waals surface area contributed by atoms with Gasteiger partial charge in [-0.05, 0) is 37.5 Å². The average Bonchev–Trinajstić information content (AvgIpc) is 3.19. The second kappa shape index (κ2) is 6.21. The maximum atomic E-state index is 11.4. The number of carbonyl (C=O) groups is 1. The van der Waals surface area contributed by atoms with Crippen LogP contribution in [0.3, 0.4) is 0 Å². The van der Waals surface area contributed by atoms with Crippen molar-refractivity contribution in [1.29, 1.82) is 0 Å². The highest BCUT2D eigenvalue weighted by Gasteiger charge is 2.28. The molecule has 1 fully saturated rings.